The van der Waals surface area contributed by atoms with Gasteiger partial charge in [0.2, 0.25) is 5.95 Å². The first-order chi connectivity index (χ1) is 16.4. The molecule has 8 nitrogen and oxygen atoms in total. The highest BCUT2D eigenvalue weighted by Gasteiger charge is 2.34. The van der Waals surface area contributed by atoms with Crippen molar-refractivity contribution in [3.63, 3.8) is 0 Å². The number of rotatable bonds is 5. The van der Waals surface area contributed by atoms with Crippen molar-refractivity contribution in [3.8, 4) is 0 Å². The number of nitrogens with zero attached hydrogens (tertiary/aromatic N) is 5. The van der Waals surface area contributed by atoms with E-state index in [-0.39, 0.29) is 30.6 Å². The number of anilines is 3. The number of morpholine rings is 1. The first kappa shape index (κ1) is 25.0. The third-order valence-corrected chi connectivity index (χ3v) is 5.89. The Kier molecular flexibility index (Phi) is 6.80. The number of likely N-dealkylation sites (tertiary alicyclic amines) is 1. The number of nitrogens with one attached hydrogen (secondary N) is 1. The second kappa shape index (κ2) is 9.51. The summed E-state index contributed by atoms with van der Waals surface area (Å²) >= 11 is 0. The van der Waals surface area contributed by atoms with Gasteiger partial charge in [-0.25, -0.2) is 9.97 Å². The van der Waals surface area contributed by atoms with Crippen molar-refractivity contribution in [2.75, 3.05) is 43.0 Å². The van der Waals surface area contributed by atoms with Crippen LogP contribution in [0.2, 0.25) is 0 Å². The third-order valence-electron chi connectivity index (χ3n) is 5.89. The van der Waals surface area contributed by atoms with Gasteiger partial charge in [-0.15, -0.1) is 0 Å². The molecule has 4 rings (SSSR count). The predicted molar refractivity (Wildman–Crippen MR) is 117 cm³/mol. The van der Waals surface area contributed by atoms with Gasteiger partial charge in [-0.2, -0.15) is 26.9 Å². The van der Waals surface area contributed by atoms with Crippen LogP contribution in [0.25, 0.3) is 0 Å². The molecule has 2 aliphatic rings. The molecule has 1 amide bonds. The summed E-state index contributed by atoms with van der Waals surface area (Å²) in [5.41, 5.74) is -0.837. The first-order valence-corrected chi connectivity index (χ1v) is 11.1. The Morgan fingerprint density at radius 2 is 1.97 bits per heavy atom. The fraction of sp³-hybridized carbons (Fsp3) is 0.545. The van der Waals surface area contributed by atoms with Crippen LogP contribution in [-0.2, 0) is 15.7 Å². The zero-order chi connectivity index (χ0) is 25.4. The Hall–Kier alpha value is -3.09. The molecule has 190 valence electrons. The average Bonchev–Trinajstić information content (AvgIpc) is 3.27. The van der Waals surface area contributed by atoms with E-state index < -0.39 is 29.7 Å². The molecule has 0 aromatic carbocycles. The molecule has 2 aromatic rings. The average molecular weight is 500 g/mol. The number of halogens is 5. The maximum absolute atomic E-state index is 13.1. The normalized spacial score (nSPS) is 20.4. The minimum Gasteiger partial charge on any atom is -0.372 e. The van der Waals surface area contributed by atoms with E-state index in [9.17, 15) is 26.7 Å². The molecule has 2 saturated heterocycles. The summed E-state index contributed by atoms with van der Waals surface area (Å²) in [7, 11) is 0. The minimum absolute atomic E-state index is 0.0568. The molecule has 1 unspecified atom stereocenters. The second-order valence-corrected chi connectivity index (χ2v) is 9.13. The Morgan fingerprint density at radius 3 is 2.66 bits per heavy atom. The Morgan fingerprint density at radius 1 is 1.20 bits per heavy atom. The summed E-state index contributed by atoms with van der Waals surface area (Å²) in [6.45, 7) is 5.45. The molecule has 2 aliphatic heterocycles. The van der Waals surface area contributed by atoms with Crippen LogP contribution >= 0.6 is 0 Å². The molecule has 4 heterocycles. The van der Waals surface area contributed by atoms with E-state index in [1.54, 1.807) is 6.07 Å². The lowest BCUT2D eigenvalue weighted by Gasteiger charge is -2.38. The molecule has 0 radical (unpaired) electrons. The number of ether oxygens (including phenoxy) is 1. The molecule has 0 bridgehead atoms. The highest BCUT2D eigenvalue weighted by atomic mass is 19.4. The van der Waals surface area contributed by atoms with Crippen LogP contribution in [0.1, 0.15) is 37.4 Å². The first-order valence-electron chi connectivity index (χ1n) is 11.1. The summed E-state index contributed by atoms with van der Waals surface area (Å²) < 4.78 is 70.9. The summed E-state index contributed by atoms with van der Waals surface area (Å²) in [4.78, 5) is 27.8. The summed E-state index contributed by atoms with van der Waals surface area (Å²) in [5.74, 6) is -1.09. The van der Waals surface area contributed by atoms with Crippen molar-refractivity contribution >= 4 is 23.5 Å². The highest BCUT2D eigenvalue weighted by Crippen LogP contribution is 2.33. The number of hydrogen-bond acceptors (Lipinski definition) is 7. The van der Waals surface area contributed by atoms with Gasteiger partial charge in [-0.05, 0) is 32.4 Å². The van der Waals surface area contributed by atoms with Crippen LogP contribution in [0.3, 0.4) is 0 Å². The Bertz CT molecular complexity index is 1080. The van der Waals surface area contributed by atoms with E-state index in [4.69, 9.17) is 4.74 Å². The molecule has 0 saturated carbocycles. The SMILES string of the molecule is CC1(C)CN(c2nc(Nc3cc(C(F)(F)F)ccn3)cc(C3CCN(C(=O)C(F)F)C3)n2)CCO1. The van der Waals surface area contributed by atoms with E-state index in [2.05, 4.69) is 20.3 Å². The Balaban J connectivity index is 1.65. The van der Waals surface area contributed by atoms with Gasteiger partial charge in [0.1, 0.15) is 11.6 Å². The van der Waals surface area contributed by atoms with Crippen LogP contribution in [0.4, 0.5) is 39.5 Å². The smallest absolute Gasteiger partial charge is 0.372 e. The van der Waals surface area contributed by atoms with Crippen LogP contribution in [0.15, 0.2) is 24.4 Å². The van der Waals surface area contributed by atoms with Gasteiger partial charge >= 0.3 is 12.6 Å². The van der Waals surface area contributed by atoms with Crippen LogP contribution in [0, 0.1) is 0 Å². The maximum Gasteiger partial charge on any atom is 0.416 e. The number of aromatic nitrogens is 3. The van der Waals surface area contributed by atoms with Crippen molar-refractivity contribution in [2.24, 2.45) is 0 Å². The molecule has 1 atom stereocenters. The van der Waals surface area contributed by atoms with Crippen molar-refractivity contribution in [2.45, 2.75) is 44.4 Å². The third kappa shape index (κ3) is 5.95. The van der Waals surface area contributed by atoms with Gasteiger partial charge in [-0.1, -0.05) is 0 Å². The second-order valence-electron chi connectivity index (χ2n) is 9.13. The lowest BCUT2D eigenvalue weighted by Crippen LogP contribution is -2.49. The number of pyridine rings is 1. The van der Waals surface area contributed by atoms with Crippen LogP contribution < -0.4 is 10.2 Å². The van der Waals surface area contributed by atoms with Gasteiger partial charge in [0.05, 0.1) is 23.5 Å². The van der Waals surface area contributed by atoms with Gasteiger partial charge < -0.3 is 19.9 Å². The predicted octanol–water partition coefficient (Wildman–Crippen LogP) is 3.83. The fourth-order valence-corrected chi connectivity index (χ4v) is 4.20. The van der Waals surface area contributed by atoms with Crippen molar-refractivity contribution < 1.29 is 31.5 Å². The number of carbonyl (C=O) groups excluding carboxylic acids is 1. The topological polar surface area (TPSA) is 83.5 Å². The maximum atomic E-state index is 13.1. The van der Waals surface area contributed by atoms with Gasteiger partial charge in [0.15, 0.2) is 0 Å². The van der Waals surface area contributed by atoms with E-state index >= 15 is 0 Å². The van der Waals surface area contributed by atoms with Crippen molar-refractivity contribution in [3.05, 3.63) is 35.7 Å². The van der Waals surface area contributed by atoms with Crippen molar-refractivity contribution in [1.29, 1.82) is 0 Å². The molecule has 35 heavy (non-hydrogen) atoms. The highest BCUT2D eigenvalue weighted by molar-refractivity contribution is 5.79. The zero-order valence-electron chi connectivity index (χ0n) is 19.1. The largest absolute Gasteiger partial charge is 0.416 e. The molecular weight excluding hydrogens is 475 g/mol. The molecule has 2 aromatic heterocycles. The van der Waals surface area contributed by atoms with E-state index in [1.165, 1.54) is 0 Å². The Labute approximate surface area is 198 Å². The van der Waals surface area contributed by atoms with Crippen LogP contribution in [0.5, 0.6) is 0 Å². The molecule has 0 spiro atoms. The summed E-state index contributed by atoms with van der Waals surface area (Å²) in [5, 5.41) is 2.81. The zero-order valence-corrected chi connectivity index (χ0v) is 19.1. The van der Waals surface area contributed by atoms with Crippen molar-refractivity contribution in [1.82, 2.24) is 19.9 Å². The minimum atomic E-state index is -4.54. The molecule has 0 aliphatic carbocycles. The number of alkyl halides is 5. The summed E-state index contributed by atoms with van der Waals surface area (Å²) in [6, 6.07) is 3.29. The quantitative estimate of drug-likeness (QED) is 0.625. The molecule has 13 heteroatoms. The van der Waals surface area contributed by atoms with Gasteiger partial charge in [0, 0.05) is 44.4 Å². The van der Waals surface area contributed by atoms with Crippen LogP contribution in [-0.4, -0.2) is 70.6 Å². The monoisotopic (exact) mass is 500 g/mol. The number of carbonyl (C=O) groups is 1. The standard InChI is InChI=1S/C22H25F5N6O2/c1-21(2)12-33(7-8-35-21)20-29-15(13-4-6-32(11-13)19(34)18(23)24)10-17(31-20)30-16-9-14(3-5-28-16)22(25,26)27/h3,5,9-10,13,18H,4,6-8,11-12H2,1-2H3,(H,28,29,30,31). The van der Waals surface area contributed by atoms with E-state index in [1.807, 2.05) is 18.7 Å². The lowest BCUT2D eigenvalue weighted by molar-refractivity contribution is -0.141. The lowest BCUT2D eigenvalue weighted by atomic mass is 10.0. The van der Waals surface area contributed by atoms with Gasteiger partial charge in [0.25, 0.3) is 5.91 Å². The molecular formula is C22H25F5N6O2. The fourth-order valence-electron chi connectivity index (χ4n) is 4.20. The van der Waals surface area contributed by atoms with E-state index in [0.717, 1.165) is 23.2 Å². The number of amides is 1. The molecule has 1 N–H and O–H groups in total. The molecule has 2 fully saturated rings. The summed E-state index contributed by atoms with van der Waals surface area (Å²) in [6.07, 6.45) is -6.16. The number of hydrogen-bond donors (Lipinski definition) is 1. The van der Waals surface area contributed by atoms with E-state index in [0.29, 0.717) is 37.8 Å². The van der Waals surface area contributed by atoms with Gasteiger partial charge in [-0.3, -0.25) is 4.79 Å².